The number of carbonyl (C=O) groups is 1. The molecule has 0 radical (unpaired) electrons. The van der Waals surface area contributed by atoms with Crippen LogP contribution in [0.4, 0.5) is 11.4 Å². The van der Waals surface area contributed by atoms with E-state index in [1.165, 1.54) is 18.2 Å². The Balaban J connectivity index is 3.19. The third-order valence-electron chi connectivity index (χ3n) is 3.17. The van der Waals surface area contributed by atoms with Crippen molar-refractivity contribution in [2.75, 3.05) is 12.5 Å². The third-order valence-corrected chi connectivity index (χ3v) is 3.17. The molecule has 0 aliphatic carbocycles. The molecule has 1 aromatic rings. The quantitative estimate of drug-likeness (QED) is 0.480. The average molecular weight is 266 g/mol. The van der Waals surface area contributed by atoms with Gasteiger partial charge in [-0.25, -0.2) is 0 Å². The van der Waals surface area contributed by atoms with E-state index in [-0.39, 0.29) is 23.2 Å². The van der Waals surface area contributed by atoms with E-state index >= 15 is 0 Å². The number of nitro groups is 1. The molecule has 0 aromatic heterocycles. The van der Waals surface area contributed by atoms with Crippen molar-refractivity contribution in [2.45, 2.75) is 26.3 Å². The molecule has 7 heteroatoms. The minimum absolute atomic E-state index is 0.0392. The van der Waals surface area contributed by atoms with Crippen molar-refractivity contribution in [3.8, 4) is 0 Å². The summed E-state index contributed by atoms with van der Waals surface area (Å²) in [5.74, 6) is 5.03. The molecule has 0 saturated carbocycles. The van der Waals surface area contributed by atoms with Gasteiger partial charge in [-0.15, -0.1) is 0 Å². The summed E-state index contributed by atoms with van der Waals surface area (Å²) in [6, 6.07) is 4.00. The summed E-state index contributed by atoms with van der Waals surface area (Å²) in [4.78, 5) is 24.1. The number of rotatable bonds is 5. The van der Waals surface area contributed by atoms with Crippen LogP contribution in [-0.4, -0.2) is 28.8 Å². The summed E-state index contributed by atoms with van der Waals surface area (Å²) in [5.41, 5.74) is 2.81. The summed E-state index contributed by atoms with van der Waals surface area (Å²) in [6.07, 6.45) is 0.794. The fourth-order valence-corrected chi connectivity index (χ4v) is 1.61. The number of hydrazine groups is 1. The number of amides is 1. The monoisotopic (exact) mass is 266 g/mol. The number of nitrogens with zero attached hydrogens (tertiary/aromatic N) is 2. The molecule has 0 aliphatic rings. The Kier molecular flexibility index (Phi) is 4.82. The lowest BCUT2D eigenvalue weighted by Gasteiger charge is -2.24. The van der Waals surface area contributed by atoms with Gasteiger partial charge in [0, 0.05) is 25.2 Å². The number of carbonyl (C=O) groups excluding carboxylic acids is 1. The highest BCUT2D eigenvalue weighted by Gasteiger charge is 2.21. The predicted molar refractivity (Wildman–Crippen MR) is 72.8 cm³/mol. The lowest BCUT2D eigenvalue weighted by molar-refractivity contribution is -0.384. The second-order valence-electron chi connectivity index (χ2n) is 4.30. The number of nitro benzene ring substituents is 1. The smallest absolute Gasteiger partial charge is 0.270 e. The molecule has 1 rings (SSSR count). The minimum atomic E-state index is -0.541. The Hall–Kier alpha value is -2.15. The van der Waals surface area contributed by atoms with Crippen LogP contribution in [0.5, 0.6) is 0 Å². The fourth-order valence-electron chi connectivity index (χ4n) is 1.61. The number of nitrogen functional groups attached to an aromatic ring is 1. The van der Waals surface area contributed by atoms with Gasteiger partial charge in [-0.3, -0.25) is 20.8 Å². The molecule has 3 N–H and O–H groups in total. The van der Waals surface area contributed by atoms with E-state index in [9.17, 15) is 14.9 Å². The van der Waals surface area contributed by atoms with E-state index in [0.717, 1.165) is 6.42 Å². The van der Waals surface area contributed by atoms with Crippen molar-refractivity contribution in [3.05, 3.63) is 33.9 Å². The van der Waals surface area contributed by atoms with Crippen LogP contribution in [0.1, 0.15) is 30.6 Å². The molecule has 0 spiro atoms. The van der Waals surface area contributed by atoms with Crippen molar-refractivity contribution in [1.29, 1.82) is 0 Å². The van der Waals surface area contributed by atoms with Crippen molar-refractivity contribution in [3.63, 3.8) is 0 Å². The first-order valence-electron chi connectivity index (χ1n) is 5.94. The zero-order valence-corrected chi connectivity index (χ0v) is 11.2. The standard InChI is InChI=1S/C12H18N4O3/c1-4-8(2)15(3)12(17)10-7-9(16(18)19)5-6-11(10)14-13/h5-8,14H,4,13H2,1-3H3. The van der Waals surface area contributed by atoms with Crippen LogP contribution in [0.25, 0.3) is 0 Å². The van der Waals surface area contributed by atoms with Gasteiger partial charge in [0.05, 0.1) is 16.2 Å². The third kappa shape index (κ3) is 3.19. The molecule has 0 bridgehead atoms. The molecule has 104 valence electrons. The van der Waals surface area contributed by atoms with E-state index < -0.39 is 4.92 Å². The van der Waals surface area contributed by atoms with Crippen molar-refractivity contribution < 1.29 is 9.72 Å². The maximum absolute atomic E-state index is 12.3. The SMILES string of the molecule is CCC(C)N(C)C(=O)c1cc([N+](=O)[O-])ccc1NN. The second kappa shape index (κ2) is 6.14. The highest BCUT2D eigenvalue weighted by atomic mass is 16.6. The Bertz CT molecular complexity index is 490. The van der Waals surface area contributed by atoms with E-state index in [4.69, 9.17) is 5.84 Å². The van der Waals surface area contributed by atoms with Crippen LogP contribution in [0.2, 0.25) is 0 Å². The van der Waals surface area contributed by atoms with Crippen LogP contribution in [0.3, 0.4) is 0 Å². The van der Waals surface area contributed by atoms with Gasteiger partial charge >= 0.3 is 0 Å². The first-order valence-corrected chi connectivity index (χ1v) is 5.94. The molecule has 7 nitrogen and oxygen atoms in total. The number of anilines is 1. The highest BCUT2D eigenvalue weighted by molar-refractivity contribution is 6.00. The number of hydrogen-bond acceptors (Lipinski definition) is 5. The van der Waals surface area contributed by atoms with Crippen molar-refractivity contribution in [1.82, 2.24) is 4.90 Å². The zero-order valence-electron chi connectivity index (χ0n) is 11.2. The predicted octanol–water partition coefficient (Wildman–Crippen LogP) is 1.75. The summed E-state index contributed by atoms with van der Waals surface area (Å²) >= 11 is 0. The van der Waals surface area contributed by atoms with Gasteiger partial charge in [-0.05, 0) is 19.4 Å². The van der Waals surface area contributed by atoms with Crippen LogP contribution in [-0.2, 0) is 0 Å². The van der Waals surface area contributed by atoms with Crippen molar-refractivity contribution >= 4 is 17.3 Å². The van der Waals surface area contributed by atoms with Crippen LogP contribution < -0.4 is 11.3 Å². The molecule has 19 heavy (non-hydrogen) atoms. The molecule has 1 unspecified atom stereocenters. The number of nitrogens with one attached hydrogen (secondary N) is 1. The van der Waals surface area contributed by atoms with Crippen LogP contribution in [0, 0.1) is 10.1 Å². The van der Waals surface area contributed by atoms with Gasteiger partial charge in [0.2, 0.25) is 0 Å². The summed E-state index contributed by atoms with van der Waals surface area (Å²) in [6.45, 7) is 3.87. The Labute approximate surface area is 111 Å². The number of nitrogens with two attached hydrogens (primary N) is 1. The number of non-ortho nitro benzene ring substituents is 1. The molecule has 0 aliphatic heterocycles. The van der Waals surface area contributed by atoms with E-state index in [1.807, 2.05) is 13.8 Å². The highest BCUT2D eigenvalue weighted by Crippen LogP contribution is 2.23. The largest absolute Gasteiger partial charge is 0.339 e. The molecular formula is C12H18N4O3. The van der Waals surface area contributed by atoms with Gasteiger partial charge in [-0.2, -0.15) is 0 Å². The second-order valence-corrected chi connectivity index (χ2v) is 4.30. The van der Waals surface area contributed by atoms with E-state index in [0.29, 0.717) is 5.69 Å². The average Bonchev–Trinajstić information content (AvgIpc) is 2.43. The van der Waals surface area contributed by atoms with E-state index in [1.54, 1.807) is 11.9 Å². The maximum Gasteiger partial charge on any atom is 0.270 e. The lowest BCUT2D eigenvalue weighted by Crippen LogP contribution is -2.35. The fraction of sp³-hybridized carbons (Fsp3) is 0.417. The number of hydrogen-bond donors (Lipinski definition) is 2. The van der Waals surface area contributed by atoms with Gasteiger partial charge < -0.3 is 10.3 Å². The maximum atomic E-state index is 12.3. The molecule has 0 saturated heterocycles. The molecular weight excluding hydrogens is 248 g/mol. The molecule has 1 amide bonds. The van der Waals surface area contributed by atoms with Gasteiger partial charge in [0.15, 0.2) is 0 Å². The molecule has 1 aromatic carbocycles. The van der Waals surface area contributed by atoms with Gasteiger partial charge in [0.25, 0.3) is 11.6 Å². The molecule has 0 fully saturated rings. The Morgan fingerprint density at radius 1 is 1.58 bits per heavy atom. The first-order chi connectivity index (χ1) is 8.92. The summed E-state index contributed by atoms with van der Waals surface area (Å²) < 4.78 is 0. The van der Waals surface area contributed by atoms with Crippen LogP contribution >= 0.6 is 0 Å². The van der Waals surface area contributed by atoms with Crippen molar-refractivity contribution in [2.24, 2.45) is 5.84 Å². The zero-order chi connectivity index (χ0) is 14.6. The Morgan fingerprint density at radius 3 is 2.68 bits per heavy atom. The molecule has 0 heterocycles. The first kappa shape index (κ1) is 14.9. The molecule has 1 atom stereocenters. The topological polar surface area (TPSA) is 102 Å². The normalized spacial score (nSPS) is 11.8. The lowest BCUT2D eigenvalue weighted by atomic mass is 10.1. The van der Waals surface area contributed by atoms with Crippen LogP contribution in [0.15, 0.2) is 18.2 Å². The van der Waals surface area contributed by atoms with E-state index in [2.05, 4.69) is 5.43 Å². The minimum Gasteiger partial charge on any atom is -0.339 e. The Morgan fingerprint density at radius 2 is 2.21 bits per heavy atom. The van der Waals surface area contributed by atoms with Gasteiger partial charge in [0.1, 0.15) is 0 Å². The summed E-state index contributed by atoms with van der Waals surface area (Å²) in [7, 11) is 1.66. The summed E-state index contributed by atoms with van der Waals surface area (Å²) in [5, 5.41) is 10.8. The number of benzene rings is 1. The van der Waals surface area contributed by atoms with Gasteiger partial charge in [-0.1, -0.05) is 6.92 Å².